The number of carboxylic acid groups (broad SMARTS) is 1. The molecular weight excluding hydrogens is 340 g/mol. The van der Waals surface area contributed by atoms with Gasteiger partial charge in [-0.25, -0.2) is 5.01 Å². The predicted molar refractivity (Wildman–Crippen MR) is 92.3 cm³/mol. The quantitative estimate of drug-likeness (QED) is 0.791. The van der Waals surface area contributed by atoms with Crippen molar-refractivity contribution in [3.63, 3.8) is 0 Å². The van der Waals surface area contributed by atoms with Crippen LogP contribution in [0.25, 0.3) is 0 Å². The van der Waals surface area contributed by atoms with Crippen molar-refractivity contribution in [2.45, 2.75) is 25.3 Å². The fourth-order valence-corrected chi connectivity index (χ4v) is 3.46. The molecule has 1 aromatic heterocycles. The number of aliphatic carboxylic acids is 1. The van der Waals surface area contributed by atoms with Gasteiger partial charge in [-0.2, -0.15) is 5.10 Å². The summed E-state index contributed by atoms with van der Waals surface area (Å²) < 4.78 is 5.17. The number of carbonyl (C=O) groups is 2. The van der Waals surface area contributed by atoms with Crippen molar-refractivity contribution in [1.29, 1.82) is 0 Å². The smallest absolute Gasteiger partial charge is 0.243 e. The summed E-state index contributed by atoms with van der Waals surface area (Å²) in [6.07, 6.45) is 0.147. The highest BCUT2D eigenvalue weighted by atomic mass is 32.1. The average molecular weight is 357 g/mol. The third-order valence-electron chi connectivity index (χ3n) is 4.02. The second kappa shape index (κ2) is 7.48. The molecule has 1 aliphatic rings. The number of hydrogen-bond donors (Lipinski definition) is 0. The lowest BCUT2D eigenvalue weighted by Crippen LogP contribution is -2.29. The van der Waals surface area contributed by atoms with Crippen LogP contribution in [-0.2, 0) is 9.59 Å². The molecular formula is C18H17N2O4S-. The Bertz CT molecular complexity index is 784. The molecule has 1 amide bonds. The number of benzene rings is 1. The summed E-state index contributed by atoms with van der Waals surface area (Å²) in [6, 6.07) is 11.1. The van der Waals surface area contributed by atoms with Crippen LogP contribution in [0.3, 0.4) is 0 Å². The van der Waals surface area contributed by atoms with Crippen LogP contribution in [0.4, 0.5) is 0 Å². The summed E-state index contributed by atoms with van der Waals surface area (Å²) in [5.74, 6) is -0.830. The third-order valence-corrected chi connectivity index (χ3v) is 4.93. The van der Waals surface area contributed by atoms with Crippen LogP contribution in [0, 0.1) is 0 Å². The van der Waals surface area contributed by atoms with E-state index in [1.54, 1.807) is 18.4 Å². The number of amides is 1. The van der Waals surface area contributed by atoms with E-state index < -0.39 is 5.97 Å². The first kappa shape index (κ1) is 17.2. The normalized spacial score (nSPS) is 16.6. The number of thiophene rings is 1. The first-order chi connectivity index (χ1) is 12.1. The Kier molecular flexibility index (Phi) is 5.14. The number of nitrogens with zero attached hydrogens (tertiary/aromatic N) is 2. The Labute approximate surface area is 149 Å². The fourth-order valence-electron chi connectivity index (χ4n) is 2.74. The predicted octanol–water partition coefficient (Wildman–Crippen LogP) is 1.96. The Balaban J connectivity index is 1.86. The molecule has 6 nitrogen and oxygen atoms in total. The van der Waals surface area contributed by atoms with Crippen LogP contribution in [0.15, 0.2) is 46.9 Å². The SMILES string of the molecule is COc1ccc([C@@H]2CC(c3cccs3)=NN2C(=O)CCC(=O)[O-])cc1. The lowest BCUT2D eigenvalue weighted by molar-refractivity contribution is -0.305. The number of carboxylic acids is 1. The molecule has 0 saturated heterocycles. The maximum Gasteiger partial charge on any atom is 0.243 e. The summed E-state index contributed by atoms with van der Waals surface area (Å²) in [6.45, 7) is 0. The average Bonchev–Trinajstić information content (AvgIpc) is 3.29. The highest BCUT2D eigenvalue weighted by Crippen LogP contribution is 2.34. The van der Waals surface area contributed by atoms with Gasteiger partial charge >= 0.3 is 0 Å². The molecule has 0 N–H and O–H groups in total. The zero-order chi connectivity index (χ0) is 17.8. The number of ether oxygens (including phenoxy) is 1. The van der Waals surface area contributed by atoms with Gasteiger partial charge in [0.2, 0.25) is 5.91 Å². The van der Waals surface area contributed by atoms with Crippen LogP contribution in [0.2, 0.25) is 0 Å². The van der Waals surface area contributed by atoms with Gasteiger partial charge in [0, 0.05) is 18.8 Å². The van der Waals surface area contributed by atoms with Gasteiger partial charge in [0.25, 0.3) is 0 Å². The van der Waals surface area contributed by atoms with E-state index in [2.05, 4.69) is 5.10 Å². The van der Waals surface area contributed by atoms with Crippen molar-refractivity contribution in [3.8, 4) is 5.75 Å². The van der Waals surface area contributed by atoms with Crippen molar-refractivity contribution < 1.29 is 19.4 Å². The third kappa shape index (κ3) is 3.88. The van der Waals surface area contributed by atoms with Crippen LogP contribution in [0.1, 0.15) is 35.7 Å². The second-order valence-electron chi connectivity index (χ2n) is 5.63. The van der Waals surface area contributed by atoms with E-state index in [0.717, 1.165) is 21.9 Å². The standard InChI is InChI=1S/C18H18N2O4S/c1-24-13-6-4-12(5-7-13)15-11-14(16-3-2-10-25-16)19-20(15)17(21)8-9-18(22)23/h2-7,10,15H,8-9,11H2,1H3,(H,22,23)/p-1/t15-/m0/s1. The molecule has 0 spiro atoms. The van der Waals surface area contributed by atoms with Gasteiger partial charge in [0.15, 0.2) is 0 Å². The molecule has 0 radical (unpaired) electrons. The van der Waals surface area contributed by atoms with Crippen LogP contribution < -0.4 is 9.84 Å². The zero-order valence-corrected chi connectivity index (χ0v) is 14.5. The first-order valence-electron chi connectivity index (χ1n) is 7.85. The number of hydrogen-bond acceptors (Lipinski definition) is 6. The van der Waals surface area contributed by atoms with E-state index in [0.29, 0.717) is 6.42 Å². The largest absolute Gasteiger partial charge is 0.550 e. The van der Waals surface area contributed by atoms with Gasteiger partial charge in [-0.1, -0.05) is 18.2 Å². The van der Waals surface area contributed by atoms with Gasteiger partial charge in [-0.3, -0.25) is 4.79 Å². The summed E-state index contributed by atoms with van der Waals surface area (Å²) in [5.41, 5.74) is 1.76. The van der Waals surface area contributed by atoms with E-state index in [4.69, 9.17) is 4.74 Å². The molecule has 130 valence electrons. The maximum absolute atomic E-state index is 12.5. The van der Waals surface area contributed by atoms with Gasteiger partial charge in [0.1, 0.15) is 5.75 Å². The summed E-state index contributed by atoms with van der Waals surface area (Å²) >= 11 is 1.56. The van der Waals surface area contributed by atoms with Gasteiger partial charge in [-0.15, -0.1) is 11.3 Å². The molecule has 0 fully saturated rings. The molecule has 1 atom stereocenters. The molecule has 0 saturated carbocycles. The van der Waals surface area contributed by atoms with Gasteiger partial charge < -0.3 is 14.6 Å². The number of carbonyl (C=O) groups excluding carboxylic acids is 2. The van der Waals surface area contributed by atoms with Crippen molar-refractivity contribution in [2.75, 3.05) is 7.11 Å². The molecule has 1 aromatic carbocycles. The highest BCUT2D eigenvalue weighted by Gasteiger charge is 2.33. The summed E-state index contributed by atoms with van der Waals surface area (Å²) in [5, 5.41) is 18.5. The first-order valence-corrected chi connectivity index (χ1v) is 8.73. The number of rotatable bonds is 6. The lowest BCUT2D eigenvalue weighted by Gasteiger charge is -2.22. The molecule has 25 heavy (non-hydrogen) atoms. The van der Waals surface area contributed by atoms with Crippen molar-refractivity contribution in [1.82, 2.24) is 5.01 Å². The van der Waals surface area contributed by atoms with Crippen molar-refractivity contribution >= 4 is 28.9 Å². The molecule has 3 rings (SSSR count). The van der Waals surface area contributed by atoms with Crippen molar-refractivity contribution in [3.05, 3.63) is 52.2 Å². The van der Waals surface area contributed by atoms with E-state index in [1.165, 1.54) is 5.01 Å². The topological polar surface area (TPSA) is 82.0 Å². The highest BCUT2D eigenvalue weighted by molar-refractivity contribution is 7.12. The Hall–Kier alpha value is -2.67. The fraction of sp³-hybridized carbons (Fsp3) is 0.278. The Morgan fingerprint density at radius 1 is 1.28 bits per heavy atom. The Morgan fingerprint density at radius 2 is 2.04 bits per heavy atom. The molecule has 1 aliphatic heterocycles. The molecule has 0 bridgehead atoms. The molecule has 2 heterocycles. The molecule has 0 unspecified atom stereocenters. The minimum Gasteiger partial charge on any atom is -0.550 e. The van der Waals surface area contributed by atoms with E-state index in [-0.39, 0.29) is 24.8 Å². The minimum atomic E-state index is -1.24. The van der Waals surface area contributed by atoms with E-state index >= 15 is 0 Å². The maximum atomic E-state index is 12.5. The van der Waals surface area contributed by atoms with Crippen LogP contribution in [0.5, 0.6) is 5.75 Å². The molecule has 7 heteroatoms. The van der Waals surface area contributed by atoms with E-state index in [1.807, 2.05) is 41.8 Å². The minimum absolute atomic E-state index is 0.129. The van der Waals surface area contributed by atoms with Crippen LogP contribution in [-0.4, -0.2) is 29.7 Å². The summed E-state index contributed by atoms with van der Waals surface area (Å²) in [4.78, 5) is 24.1. The lowest BCUT2D eigenvalue weighted by atomic mass is 10.0. The van der Waals surface area contributed by atoms with Crippen molar-refractivity contribution in [2.24, 2.45) is 5.10 Å². The molecule has 2 aromatic rings. The van der Waals surface area contributed by atoms with Gasteiger partial charge in [-0.05, 0) is 35.6 Å². The monoisotopic (exact) mass is 357 g/mol. The zero-order valence-electron chi connectivity index (χ0n) is 13.7. The number of methoxy groups -OCH3 is 1. The number of hydrazone groups is 1. The van der Waals surface area contributed by atoms with E-state index in [9.17, 15) is 14.7 Å². The Morgan fingerprint density at radius 3 is 2.64 bits per heavy atom. The summed E-state index contributed by atoms with van der Waals surface area (Å²) in [7, 11) is 1.60. The van der Waals surface area contributed by atoms with Gasteiger partial charge in [0.05, 0.1) is 23.7 Å². The second-order valence-corrected chi connectivity index (χ2v) is 6.58. The van der Waals surface area contributed by atoms with Crippen LogP contribution >= 0.6 is 11.3 Å². The molecule has 0 aliphatic carbocycles.